The maximum atomic E-state index is 12.8. The molecule has 4 saturated carbocycles. The summed E-state index contributed by atoms with van der Waals surface area (Å²) in [5.74, 6) is 3.37. The molecule has 9 unspecified atom stereocenters. The zero-order chi connectivity index (χ0) is 26.3. The van der Waals surface area contributed by atoms with Gasteiger partial charge >= 0.3 is 0 Å². The first-order chi connectivity index (χ1) is 16.9. The highest BCUT2D eigenvalue weighted by Gasteiger charge is 2.60. The number of carbonyl (C=O) groups is 1. The number of hydrogen-bond acceptors (Lipinski definition) is 5. The smallest absolute Gasteiger partial charge is 0.266 e. The zero-order valence-corrected chi connectivity index (χ0v) is 23.4. The highest BCUT2D eigenvalue weighted by Crippen LogP contribution is 2.68. The molecule has 36 heavy (non-hydrogen) atoms. The Morgan fingerprint density at radius 1 is 1.00 bits per heavy atom. The highest BCUT2D eigenvalue weighted by atomic mass is 32.2. The van der Waals surface area contributed by atoms with Gasteiger partial charge in [-0.25, -0.2) is 0 Å². The van der Waals surface area contributed by atoms with E-state index >= 15 is 0 Å². The van der Waals surface area contributed by atoms with Gasteiger partial charge in [0.15, 0.2) is 0 Å². The minimum Gasteiger partial charge on any atom is -0.395 e. The van der Waals surface area contributed by atoms with Crippen LogP contribution >= 0.6 is 0 Å². The van der Waals surface area contributed by atoms with E-state index in [4.69, 9.17) is 4.55 Å². The fourth-order valence-corrected chi connectivity index (χ4v) is 10.1. The molecule has 0 heterocycles. The Hall–Kier alpha value is -0.700. The summed E-state index contributed by atoms with van der Waals surface area (Å²) in [6.07, 6.45) is 11.8. The molecule has 1 amide bonds. The van der Waals surface area contributed by atoms with Crippen molar-refractivity contribution in [1.29, 1.82) is 0 Å². The Morgan fingerprint density at radius 2 is 1.69 bits per heavy atom. The van der Waals surface area contributed by atoms with Crippen LogP contribution in [0.1, 0.15) is 91.4 Å². The maximum Gasteiger partial charge on any atom is 0.266 e. The lowest BCUT2D eigenvalue weighted by Crippen LogP contribution is -2.54. The van der Waals surface area contributed by atoms with Crippen molar-refractivity contribution >= 4 is 16.0 Å². The number of fused-ring (bicyclic) bond motifs is 5. The molecule has 0 aromatic heterocycles. The first-order valence-corrected chi connectivity index (χ1v) is 16.0. The topological polar surface area (TPSA) is 115 Å². The second-order valence-corrected chi connectivity index (χ2v) is 14.8. The lowest BCUT2D eigenvalue weighted by molar-refractivity contribution is -0.133. The molecule has 4 rings (SSSR count). The predicted octanol–water partition coefficient (Wildman–Crippen LogP) is 4.13. The monoisotopic (exact) mass is 527 g/mol. The second-order valence-electron chi connectivity index (χ2n) is 13.2. The molecule has 0 aromatic carbocycles. The first-order valence-electron chi connectivity index (χ1n) is 14.4. The Kier molecular flexibility index (Phi) is 8.51. The van der Waals surface area contributed by atoms with Crippen molar-refractivity contribution in [1.82, 2.24) is 4.90 Å². The van der Waals surface area contributed by atoms with Gasteiger partial charge in [-0.15, -0.1) is 0 Å². The van der Waals surface area contributed by atoms with E-state index in [-0.39, 0.29) is 31.7 Å². The number of amides is 1. The van der Waals surface area contributed by atoms with Crippen molar-refractivity contribution in [3.8, 4) is 0 Å². The summed E-state index contributed by atoms with van der Waals surface area (Å²) in [6.45, 7) is 7.11. The third kappa shape index (κ3) is 5.52. The fraction of sp³-hybridized carbons (Fsp3) is 0.964. The second kappa shape index (κ2) is 10.8. The van der Waals surface area contributed by atoms with Crippen molar-refractivity contribution in [2.24, 2.45) is 46.3 Å². The number of rotatable bonds is 9. The lowest BCUT2D eigenvalue weighted by Gasteiger charge is -2.61. The molecule has 3 N–H and O–H groups in total. The molecule has 9 atom stereocenters. The zero-order valence-electron chi connectivity index (χ0n) is 22.6. The molecule has 4 aliphatic carbocycles. The van der Waals surface area contributed by atoms with Crippen molar-refractivity contribution < 1.29 is 28.0 Å². The Bertz CT molecular complexity index is 894. The van der Waals surface area contributed by atoms with Gasteiger partial charge in [-0.1, -0.05) is 20.8 Å². The fourth-order valence-electron chi connectivity index (χ4n) is 9.63. The number of aliphatic hydroxyl groups is 2. The molecule has 0 aromatic rings. The van der Waals surface area contributed by atoms with E-state index in [2.05, 4.69) is 20.8 Å². The summed E-state index contributed by atoms with van der Waals surface area (Å²) in [7, 11) is -4.15. The Labute approximate surface area is 218 Å². The maximum absolute atomic E-state index is 12.8. The molecule has 0 saturated heterocycles. The van der Waals surface area contributed by atoms with Crippen LogP contribution in [0, 0.1) is 46.3 Å². The predicted molar refractivity (Wildman–Crippen MR) is 140 cm³/mol. The van der Waals surface area contributed by atoms with Gasteiger partial charge in [0, 0.05) is 19.5 Å². The van der Waals surface area contributed by atoms with E-state index in [9.17, 15) is 23.4 Å². The van der Waals surface area contributed by atoms with Crippen LogP contribution in [-0.4, -0.2) is 65.5 Å². The summed E-state index contributed by atoms with van der Waals surface area (Å²) in [4.78, 5) is 14.2. The van der Waals surface area contributed by atoms with E-state index in [1.165, 1.54) is 49.8 Å². The molecular formula is C28H49NO6S. The van der Waals surface area contributed by atoms with Crippen molar-refractivity contribution in [3.05, 3.63) is 0 Å². The Morgan fingerprint density at radius 3 is 2.39 bits per heavy atom. The van der Waals surface area contributed by atoms with E-state index in [1.54, 1.807) is 0 Å². The van der Waals surface area contributed by atoms with Crippen LogP contribution in [0.15, 0.2) is 0 Å². The minimum atomic E-state index is -4.15. The molecule has 0 bridgehead atoms. The largest absolute Gasteiger partial charge is 0.395 e. The molecule has 8 heteroatoms. The van der Waals surface area contributed by atoms with Crippen LogP contribution in [0.25, 0.3) is 0 Å². The number of aliphatic hydroxyl groups excluding tert-OH is 2. The molecule has 0 aliphatic heterocycles. The average molecular weight is 528 g/mol. The third-order valence-electron chi connectivity index (χ3n) is 11.6. The van der Waals surface area contributed by atoms with Crippen molar-refractivity contribution in [3.63, 3.8) is 0 Å². The van der Waals surface area contributed by atoms with Crippen LogP contribution in [0.4, 0.5) is 0 Å². The van der Waals surface area contributed by atoms with Crippen molar-refractivity contribution in [2.45, 2.75) is 97.5 Å². The summed E-state index contributed by atoms with van der Waals surface area (Å²) >= 11 is 0. The standard InChI is InChI=1S/C28H49NO6S/c1-19(4-9-26(32)29(14-16-30)15-17-36(33,34)35)23-7-8-24-22-6-5-20-18-21(31)10-12-27(20,2)25(22)11-13-28(23,24)3/h19-25,30-31H,4-18H2,1-3H3,(H,33,34,35). The SMILES string of the molecule is CC(CCC(=O)N(CCO)CCS(=O)(=O)O)C1CCC2C3CCC4CC(O)CCC4(C)C3CCC12C. The quantitative estimate of drug-likeness (QED) is 0.388. The van der Waals surface area contributed by atoms with Crippen LogP contribution in [0.3, 0.4) is 0 Å². The first kappa shape index (κ1) is 28.3. The Balaban J connectivity index is 1.37. The van der Waals surface area contributed by atoms with Gasteiger partial charge in [-0.05, 0) is 111 Å². The molecule has 208 valence electrons. The average Bonchev–Trinajstić information content (AvgIpc) is 3.17. The van der Waals surface area contributed by atoms with E-state index in [0.717, 1.165) is 37.0 Å². The normalized spacial score (nSPS) is 41.2. The minimum absolute atomic E-state index is 0.0876. The van der Waals surface area contributed by atoms with E-state index in [0.29, 0.717) is 35.0 Å². The number of nitrogens with zero attached hydrogens (tertiary/aromatic N) is 1. The molecule has 7 nitrogen and oxygen atoms in total. The lowest BCUT2D eigenvalue weighted by atomic mass is 9.44. The molecule has 0 radical (unpaired) electrons. The van der Waals surface area contributed by atoms with Gasteiger partial charge in [-0.3, -0.25) is 9.35 Å². The molecule has 4 fully saturated rings. The van der Waals surface area contributed by atoms with Gasteiger partial charge in [0.1, 0.15) is 0 Å². The third-order valence-corrected chi connectivity index (χ3v) is 12.3. The summed E-state index contributed by atoms with van der Waals surface area (Å²) in [6, 6.07) is 0. The molecular weight excluding hydrogens is 478 g/mol. The summed E-state index contributed by atoms with van der Waals surface area (Å²) in [5.41, 5.74) is 0.703. The van der Waals surface area contributed by atoms with Gasteiger partial charge in [0.2, 0.25) is 5.91 Å². The highest BCUT2D eigenvalue weighted by molar-refractivity contribution is 7.85. The van der Waals surface area contributed by atoms with Gasteiger partial charge < -0.3 is 15.1 Å². The van der Waals surface area contributed by atoms with Gasteiger partial charge in [0.05, 0.1) is 18.5 Å². The van der Waals surface area contributed by atoms with E-state index < -0.39 is 15.9 Å². The van der Waals surface area contributed by atoms with Crippen LogP contribution in [-0.2, 0) is 14.9 Å². The number of hydrogen-bond donors (Lipinski definition) is 3. The van der Waals surface area contributed by atoms with Crippen LogP contribution in [0.5, 0.6) is 0 Å². The molecule has 0 spiro atoms. The van der Waals surface area contributed by atoms with Crippen LogP contribution < -0.4 is 0 Å². The number of carbonyl (C=O) groups excluding carboxylic acids is 1. The van der Waals surface area contributed by atoms with Crippen molar-refractivity contribution in [2.75, 3.05) is 25.4 Å². The van der Waals surface area contributed by atoms with E-state index in [1.807, 2.05) is 0 Å². The van der Waals surface area contributed by atoms with Gasteiger partial charge in [0.25, 0.3) is 10.1 Å². The summed E-state index contributed by atoms with van der Waals surface area (Å²) in [5, 5.41) is 19.6. The van der Waals surface area contributed by atoms with Crippen LogP contribution in [0.2, 0.25) is 0 Å². The van der Waals surface area contributed by atoms with Gasteiger partial charge in [-0.2, -0.15) is 8.42 Å². The summed E-state index contributed by atoms with van der Waals surface area (Å²) < 4.78 is 31.3. The molecule has 4 aliphatic rings.